The van der Waals surface area contributed by atoms with Crippen molar-refractivity contribution in [2.45, 2.75) is 6.54 Å². The summed E-state index contributed by atoms with van der Waals surface area (Å²) in [6.45, 7) is 0.335. The van der Waals surface area contributed by atoms with Gasteiger partial charge in [0, 0.05) is 12.5 Å². The van der Waals surface area contributed by atoms with Crippen LogP contribution in [0.15, 0.2) is 18.2 Å². The van der Waals surface area contributed by atoms with E-state index in [1.807, 2.05) is 0 Å². The van der Waals surface area contributed by atoms with Crippen molar-refractivity contribution in [2.75, 3.05) is 0 Å². The van der Waals surface area contributed by atoms with Crippen LogP contribution in [0, 0.1) is 29.0 Å². The van der Waals surface area contributed by atoms with E-state index in [0.29, 0.717) is 6.54 Å². The van der Waals surface area contributed by atoms with Crippen LogP contribution in [0.3, 0.4) is 0 Å². The molecular weight excluding hydrogens is 167 g/mol. The van der Waals surface area contributed by atoms with Crippen molar-refractivity contribution < 1.29 is 4.39 Å². The Balaban J connectivity index is 3.13. The molecule has 0 spiro atoms. The number of hydrogen-bond acceptors (Lipinski definition) is 2. The quantitative estimate of drug-likeness (QED) is 0.649. The molecule has 1 aromatic carbocycles. The smallest absolute Gasteiger partial charge is 0.152 e. The summed E-state index contributed by atoms with van der Waals surface area (Å²) in [5, 5.41) is 8.17. The molecule has 13 heavy (non-hydrogen) atoms. The van der Waals surface area contributed by atoms with Crippen LogP contribution < -0.4 is 5.73 Å². The minimum absolute atomic E-state index is 0.213. The molecule has 64 valence electrons. The van der Waals surface area contributed by atoms with E-state index in [1.54, 1.807) is 18.2 Å². The number of nitrogens with zero attached hydrogens (tertiary/aromatic N) is 1. The van der Waals surface area contributed by atoms with Crippen LogP contribution in [-0.4, -0.2) is 0 Å². The highest BCUT2D eigenvalue weighted by atomic mass is 19.1. The molecule has 0 aromatic heterocycles. The highest BCUT2D eigenvalue weighted by Crippen LogP contribution is 2.08. The molecule has 0 atom stereocenters. The Kier molecular flexibility index (Phi) is 3.03. The fourth-order valence-corrected chi connectivity index (χ4v) is 0.890. The molecule has 0 aliphatic carbocycles. The Morgan fingerprint density at radius 2 is 2.23 bits per heavy atom. The first kappa shape index (κ1) is 9.25. The van der Waals surface area contributed by atoms with Gasteiger partial charge in [-0.25, -0.2) is 4.39 Å². The SMILES string of the molecule is N#CC#Cc1cc(CN)ccc1F. The Morgan fingerprint density at radius 1 is 1.46 bits per heavy atom. The zero-order chi connectivity index (χ0) is 9.68. The fraction of sp³-hybridized carbons (Fsp3) is 0.100. The summed E-state index contributed by atoms with van der Waals surface area (Å²) < 4.78 is 13.0. The third-order valence-electron chi connectivity index (χ3n) is 1.52. The van der Waals surface area contributed by atoms with Crippen molar-refractivity contribution in [3.05, 3.63) is 35.1 Å². The zero-order valence-corrected chi connectivity index (χ0v) is 6.84. The number of nitrogens with two attached hydrogens (primary N) is 1. The van der Waals surface area contributed by atoms with Crippen LogP contribution in [0.5, 0.6) is 0 Å². The van der Waals surface area contributed by atoms with Gasteiger partial charge in [-0.05, 0) is 23.6 Å². The first-order chi connectivity index (χ1) is 6.27. The molecular formula is C10H7FN2. The van der Waals surface area contributed by atoms with Crippen molar-refractivity contribution >= 4 is 0 Å². The van der Waals surface area contributed by atoms with E-state index >= 15 is 0 Å². The number of benzene rings is 1. The van der Waals surface area contributed by atoms with Gasteiger partial charge in [0.2, 0.25) is 0 Å². The molecule has 0 heterocycles. The highest BCUT2D eigenvalue weighted by Gasteiger charge is 1.99. The van der Waals surface area contributed by atoms with Crippen LogP contribution in [0.2, 0.25) is 0 Å². The Hall–Kier alpha value is -1.84. The van der Waals surface area contributed by atoms with E-state index in [0.717, 1.165) is 5.56 Å². The minimum Gasteiger partial charge on any atom is -0.326 e. The lowest BCUT2D eigenvalue weighted by atomic mass is 10.1. The van der Waals surface area contributed by atoms with E-state index < -0.39 is 5.82 Å². The molecule has 0 saturated carbocycles. The summed E-state index contributed by atoms with van der Waals surface area (Å²) in [6, 6.07) is 6.05. The maximum atomic E-state index is 13.0. The number of hydrogen-bond donors (Lipinski definition) is 1. The monoisotopic (exact) mass is 174 g/mol. The molecule has 1 aromatic rings. The average Bonchev–Trinajstić information content (AvgIpc) is 2.17. The molecule has 2 N–H and O–H groups in total. The molecule has 3 heteroatoms. The summed E-state index contributed by atoms with van der Waals surface area (Å²) >= 11 is 0. The lowest BCUT2D eigenvalue weighted by Crippen LogP contribution is -1.97. The van der Waals surface area contributed by atoms with Gasteiger partial charge in [-0.3, -0.25) is 0 Å². The maximum Gasteiger partial charge on any atom is 0.152 e. The third kappa shape index (κ3) is 2.30. The molecule has 0 saturated heterocycles. The van der Waals surface area contributed by atoms with Gasteiger partial charge in [0.1, 0.15) is 5.82 Å². The molecule has 0 fully saturated rings. The normalized spacial score (nSPS) is 8.38. The minimum atomic E-state index is -0.431. The van der Waals surface area contributed by atoms with Gasteiger partial charge < -0.3 is 5.73 Å². The predicted octanol–water partition coefficient (Wildman–Crippen LogP) is 1.16. The number of nitriles is 1. The Bertz CT molecular complexity index is 407. The third-order valence-corrected chi connectivity index (χ3v) is 1.52. The van der Waals surface area contributed by atoms with Gasteiger partial charge in [0.05, 0.1) is 5.56 Å². The van der Waals surface area contributed by atoms with Crippen molar-refractivity contribution in [3.8, 4) is 17.9 Å². The average molecular weight is 174 g/mol. The summed E-state index contributed by atoms with van der Waals surface area (Å²) in [4.78, 5) is 0. The number of halogens is 1. The number of rotatable bonds is 1. The molecule has 0 aliphatic heterocycles. The first-order valence-corrected chi connectivity index (χ1v) is 3.66. The lowest BCUT2D eigenvalue weighted by molar-refractivity contribution is 0.623. The van der Waals surface area contributed by atoms with E-state index in [9.17, 15) is 4.39 Å². The lowest BCUT2D eigenvalue weighted by Gasteiger charge is -1.97. The summed E-state index contributed by atoms with van der Waals surface area (Å²) in [5.41, 5.74) is 6.37. The van der Waals surface area contributed by atoms with E-state index in [2.05, 4.69) is 11.8 Å². The summed E-state index contributed by atoms with van der Waals surface area (Å²) in [6.07, 6.45) is 0. The maximum absolute atomic E-state index is 13.0. The summed E-state index contributed by atoms with van der Waals surface area (Å²) in [7, 11) is 0. The van der Waals surface area contributed by atoms with Crippen molar-refractivity contribution in [1.29, 1.82) is 5.26 Å². The van der Waals surface area contributed by atoms with Gasteiger partial charge in [0.15, 0.2) is 6.07 Å². The molecule has 2 nitrogen and oxygen atoms in total. The Labute approximate surface area is 75.8 Å². The van der Waals surface area contributed by atoms with Gasteiger partial charge >= 0.3 is 0 Å². The van der Waals surface area contributed by atoms with E-state index in [-0.39, 0.29) is 5.56 Å². The van der Waals surface area contributed by atoms with Gasteiger partial charge in [-0.2, -0.15) is 5.26 Å². The standard InChI is InChI=1S/C10H7FN2/c11-10-4-3-8(7-13)6-9(10)2-1-5-12/h3-4,6H,7,13H2. The predicted molar refractivity (Wildman–Crippen MR) is 46.8 cm³/mol. The highest BCUT2D eigenvalue weighted by molar-refractivity contribution is 5.40. The van der Waals surface area contributed by atoms with Crippen LogP contribution in [0.1, 0.15) is 11.1 Å². The second-order valence-electron chi connectivity index (χ2n) is 2.38. The molecule has 0 unspecified atom stereocenters. The summed E-state index contributed by atoms with van der Waals surface area (Å²) in [5.74, 6) is 4.10. The first-order valence-electron chi connectivity index (χ1n) is 3.66. The molecule has 0 aliphatic rings. The zero-order valence-electron chi connectivity index (χ0n) is 6.84. The molecule has 1 rings (SSSR count). The van der Waals surface area contributed by atoms with E-state index in [1.165, 1.54) is 6.07 Å². The van der Waals surface area contributed by atoms with Gasteiger partial charge in [0.25, 0.3) is 0 Å². The fourth-order valence-electron chi connectivity index (χ4n) is 0.890. The van der Waals surface area contributed by atoms with Gasteiger partial charge in [-0.15, -0.1) is 0 Å². The van der Waals surface area contributed by atoms with Crippen LogP contribution in [0.4, 0.5) is 4.39 Å². The Morgan fingerprint density at radius 3 is 2.85 bits per heavy atom. The van der Waals surface area contributed by atoms with Crippen molar-refractivity contribution in [3.63, 3.8) is 0 Å². The van der Waals surface area contributed by atoms with Crippen molar-refractivity contribution in [2.24, 2.45) is 5.73 Å². The molecule has 0 radical (unpaired) electrons. The molecule has 0 bridgehead atoms. The van der Waals surface area contributed by atoms with E-state index in [4.69, 9.17) is 11.0 Å². The second-order valence-corrected chi connectivity index (χ2v) is 2.38. The second kappa shape index (κ2) is 4.25. The largest absolute Gasteiger partial charge is 0.326 e. The topological polar surface area (TPSA) is 49.8 Å². The van der Waals surface area contributed by atoms with Crippen LogP contribution in [0.25, 0.3) is 0 Å². The van der Waals surface area contributed by atoms with Gasteiger partial charge in [-0.1, -0.05) is 6.07 Å². The molecule has 0 amide bonds. The van der Waals surface area contributed by atoms with Crippen molar-refractivity contribution in [1.82, 2.24) is 0 Å². The van der Waals surface area contributed by atoms with Crippen LogP contribution in [-0.2, 0) is 6.54 Å². The van der Waals surface area contributed by atoms with Crippen LogP contribution >= 0.6 is 0 Å².